The van der Waals surface area contributed by atoms with Gasteiger partial charge in [0.1, 0.15) is 6.04 Å². The van der Waals surface area contributed by atoms with Crippen molar-refractivity contribution in [1.29, 1.82) is 0 Å². The quantitative estimate of drug-likeness (QED) is 0.491. The van der Waals surface area contributed by atoms with E-state index >= 15 is 0 Å². The fraction of sp³-hybridized carbons (Fsp3) is 0.483. The molecule has 34 heavy (non-hydrogen) atoms. The van der Waals surface area contributed by atoms with E-state index in [1.165, 1.54) is 16.0 Å². The maximum absolute atomic E-state index is 13.3. The first kappa shape index (κ1) is 25.7. The molecule has 1 unspecified atom stereocenters. The number of Topliss-reactive ketones (excluding diaryl/α,β-unsaturated/α-hetero) is 1. The summed E-state index contributed by atoms with van der Waals surface area (Å²) in [5, 5.41) is 3.23. The van der Waals surface area contributed by atoms with Crippen LogP contribution in [0.4, 0.5) is 0 Å². The molecule has 1 N–H and O–H groups in total. The zero-order valence-electron chi connectivity index (χ0n) is 20.8. The first-order valence-electron chi connectivity index (χ1n) is 12.6. The Hall–Kier alpha value is -2.95. The molecule has 1 heterocycles. The molecule has 1 aliphatic rings. The summed E-state index contributed by atoms with van der Waals surface area (Å²) in [4.78, 5) is 40.6. The van der Waals surface area contributed by atoms with Gasteiger partial charge in [-0.25, -0.2) is 0 Å². The van der Waals surface area contributed by atoms with Crippen molar-refractivity contribution in [1.82, 2.24) is 10.2 Å². The van der Waals surface area contributed by atoms with Gasteiger partial charge in [-0.2, -0.15) is 0 Å². The topological polar surface area (TPSA) is 66.5 Å². The fourth-order valence-corrected chi connectivity index (χ4v) is 4.42. The Labute approximate surface area is 203 Å². The minimum Gasteiger partial charge on any atom is -0.352 e. The number of carbonyl (C=O) groups is 3. The summed E-state index contributed by atoms with van der Waals surface area (Å²) in [5.41, 5.74) is 1.77. The van der Waals surface area contributed by atoms with Crippen LogP contribution in [0, 0.1) is 5.41 Å². The Bertz CT molecular complexity index is 912. The molecule has 0 spiro atoms. The van der Waals surface area contributed by atoms with E-state index in [1.54, 1.807) is 13.8 Å². The second-order valence-electron chi connectivity index (χ2n) is 9.98. The lowest BCUT2D eigenvalue weighted by Crippen LogP contribution is -2.52. The largest absolute Gasteiger partial charge is 0.352 e. The fourth-order valence-electron chi connectivity index (χ4n) is 4.42. The van der Waals surface area contributed by atoms with Crippen molar-refractivity contribution >= 4 is 17.6 Å². The summed E-state index contributed by atoms with van der Waals surface area (Å²) >= 11 is 0. The number of aryl methyl sites for hydroxylation is 2. The van der Waals surface area contributed by atoms with E-state index in [4.69, 9.17) is 0 Å². The van der Waals surface area contributed by atoms with Crippen molar-refractivity contribution in [3.63, 3.8) is 0 Å². The van der Waals surface area contributed by atoms with Gasteiger partial charge in [0.05, 0.1) is 0 Å². The van der Waals surface area contributed by atoms with Crippen LogP contribution in [-0.4, -0.2) is 41.1 Å². The lowest BCUT2D eigenvalue weighted by molar-refractivity contribution is -0.151. The number of benzene rings is 2. The van der Waals surface area contributed by atoms with E-state index in [2.05, 4.69) is 29.6 Å². The third-order valence-electron chi connectivity index (χ3n) is 7.10. The maximum Gasteiger partial charge on any atom is 0.291 e. The molecule has 3 rings (SSSR count). The Morgan fingerprint density at radius 1 is 0.941 bits per heavy atom. The monoisotopic (exact) mass is 462 g/mol. The average molecular weight is 463 g/mol. The minimum absolute atomic E-state index is 0.00625. The molecule has 0 aliphatic carbocycles. The van der Waals surface area contributed by atoms with E-state index in [0.717, 1.165) is 32.1 Å². The Morgan fingerprint density at radius 2 is 1.47 bits per heavy atom. The van der Waals surface area contributed by atoms with E-state index in [1.807, 2.05) is 43.3 Å². The number of carbonyl (C=O) groups excluding carboxylic acids is 3. The summed E-state index contributed by atoms with van der Waals surface area (Å²) in [6.07, 6.45) is 5.32. The van der Waals surface area contributed by atoms with Crippen LogP contribution in [-0.2, 0) is 27.2 Å². The number of amides is 2. The molecule has 1 fully saturated rings. The highest BCUT2D eigenvalue weighted by molar-refractivity contribution is 6.38. The molecule has 2 aromatic carbocycles. The third-order valence-corrected chi connectivity index (χ3v) is 7.10. The van der Waals surface area contributed by atoms with Crippen LogP contribution in [0.25, 0.3) is 0 Å². The summed E-state index contributed by atoms with van der Waals surface area (Å²) in [6, 6.07) is 20.0. The molecule has 2 amide bonds. The van der Waals surface area contributed by atoms with Gasteiger partial charge in [0, 0.05) is 18.0 Å². The van der Waals surface area contributed by atoms with Gasteiger partial charge in [0.25, 0.3) is 5.91 Å². The SMILES string of the molecule is CCC(C)(C)C(=O)C(=O)N1CCCC1C(=O)NC(CCc1ccccc1)CCc1ccccc1. The Morgan fingerprint density at radius 3 is 1.97 bits per heavy atom. The molecule has 5 heteroatoms. The van der Waals surface area contributed by atoms with Crippen LogP contribution < -0.4 is 5.32 Å². The molecule has 1 saturated heterocycles. The van der Waals surface area contributed by atoms with Gasteiger partial charge in [-0.15, -0.1) is 0 Å². The van der Waals surface area contributed by atoms with Gasteiger partial charge in [-0.05, 0) is 56.1 Å². The molecule has 0 aromatic heterocycles. The van der Waals surface area contributed by atoms with Crippen LogP contribution >= 0.6 is 0 Å². The number of nitrogens with zero attached hydrogens (tertiary/aromatic N) is 1. The molecular weight excluding hydrogens is 424 g/mol. The average Bonchev–Trinajstić information content (AvgIpc) is 3.36. The normalized spacial score (nSPS) is 16.0. The zero-order valence-corrected chi connectivity index (χ0v) is 20.8. The van der Waals surface area contributed by atoms with Crippen molar-refractivity contribution in [2.24, 2.45) is 5.41 Å². The van der Waals surface area contributed by atoms with Crippen LogP contribution in [0.1, 0.15) is 64.0 Å². The van der Waals surface area contributed by atoms with Crippen molar-refractivity contribution in [3.05, 3.63) is 71.8 Å². The molecule has 0 bridgehead atoms. The molecule has 0 saturated carbocycles. The van der Waals surface area contributed by atoms with Crippen LogP contribution in [0.3, 0.4) is 0 Å². The minimum atomic E-state index is -0.714. The summed E-state index contributed by atoms with van der Waals surface area (Å²) in [6.45, 7) is 5.95. The number of hydrogen-bond acceptors (Lipinski definition) is 3. The van der Waals surface area contributed by atoms with E-state index in [0.29, 0.717) is 19.4 Å². The Balaban J connectivity index is 1.67. The second-order valence-corrected chi connectivity index (χ2v) is 9.98. The molecule has 0 radical (unpaired) electrons. The Kier molecular flexibility index (Phi) is 9.03. The third kappa shape index (κ3) is 6.78. The lowest BCUT2D eigenvalue weighted by atomic mass is 9.84. The van der Waals surface area contributed by atoms with Crippen molar-refractivity contribution in [2.45, 2.75) is 77.8 Å². The second kappa shape index (κ2) is 12.0. The summed E-state index contributed by atoms with van der Waals surface area (Å²) < 4.78 is 0. The smallest absolute Gasteiger partial charge is 0.291 e. The lowest BCUT2D eigenvalue weighted by Gasteiger charge is -2.29. The molecule has 1 atom stereocenters. The number of likely N-dealkylation sites (tertiary alicyclic amines) is 1. The van der Waals surface area contributed by atoms with Gasteiger partial charge in [-0.3, -0.25) is 14.4 Å². The van der Waals surface area contributed by atoms with Crippen molar-refractivity contribution < 1.29 is 14.4 Å². The van der Waals surface area contributed by atoms with E-state index in [9.17, 15) is 14.4 Å². The van der Waals surface area contributed by atoms with Gasteiger partial charge in [0.15, 0.2) is 0 Å². The standard InChI is InChI=1S/C29H38N2O3/c1-4-29(2,3)26(32)28(34)31-21-11-16-25(31)27(33)30-24(19-17-22-12-7-5-8-13-22)20-18-23-14-9-6-10-15-23/h5-10,12-15,24-25H,4,11,16-21H2,1-3H3,(H,30,33). The van der Waals surface area contributed by atoms with E-state index < -0.39 is 23.1 Å². The highest BCUT2D eigenvalue weighted by Crippen LogP contribution is 2.26. The highest BCUT2D eigenvalue weighted by atomic mass is 16.2. The number of ketones is 1. The van der Waals surface area contributed by atoms with Crippen LogP contribution in [0.15, 0.2) is 60.7 Å². The first-order valence-corrected chi connectivity index (χ1v) is 12.6. The maximum atomic E-state index is 13.3. The number of hydrogen-bond donors (Lipinski definition) is 1. The first-order chi connectivity index (χ1) is 16.3. The molecule has 1 aliphatic heterocycles. The van der Waals surface area contributed by atoms with Crippen molar-refractivity contribution in [3.8, 4) is 0 Å². The number of rotatable bonds is 11. The zero-order chi connectivity index (χ0) is 24.6. The summed E-state index contributed by atoms with van der Waals surface area (Å²) in [7, 11) is 0. The van der Waals surface area contributed by atoms with Crippen LogP contribution in [0.5, 0.6) is 0 Å². The molecule has 5 nitrogen and oxygen atoms in total. The van der Waals surface area contributed by atoms with Gasteiger partial charge >= 0.3 is 0 Å². The van der Waals surface area contributed by atoms with E-state index in [-0.39, 0.29) is 11.9 Å². The predicted molar refractivity (Wildman–Crippen MR) is 135 cm³/mol. The van der Waals surface area contributed by atoms with Gasteiger partial charge in [-0.1, -0.05) is 81.4 Å². The molecule has 182 valence electrons. The van der Waals surface area contributed by atoms with Gasteiger partial charge in [0.2, 0.25) is 11.7 Å². The predicted octanol–water partition coefficient (Wildman–Crippen LogP) is 4.73. The molecule has 2 aromatic rings. The van der Waals surface area contributed by atoms with Gasteiger partial charge < -0.3 is 10.2 Å². The molecular formula is C29H38N2O3. The highest BCUT2D eigenvalue weighted by Gasteiger charge is 2.41. The van der Waals surface area contributed by atoms with Crippen LogP contribution in [0.2, 0.25) is 0 Å². The summed E-state index contributed by atoms with van der Waals surface area (Å²) in [5.74, 6) is -1.06. The number of nitrogens with one attached hydrogen (secondary N) is 1. The van der Waals surface area contributed by atoms with Crippen molar-refractivity contribution in [2.75, 3.05) is 6.54 Å².